The Morgan fingerprint density at radius 3 is 2.09 bits per heavy atom. The van der Waals surface area contributed by atoms with Gasteiger partial charge in [-0.05, 0) is 24.3 Å². The molecule has 0 bridgehead atoms. The molecule has 1 aromatic heterocycles. The van der Waals surface area contributed by atoms with Crippen LogP contribution in [0.4, 0.5) is 26.3 Å². The van der Waals surface area contributed by atoms with Crippen LogP contribution < -0.4 is 4.74 Å². The summed E-state index contributed by atoms with van der Waals surface area (Å²) in [5.41, 5.74) is -1.74. The lowest BCUT2D eigenvalue weighted by Gasteiger charge is -2.12. The second kappa shape index (κ2) is 6.03. The first kappa shape index (κ1) is 17.0. The predicted molar refractivity (Wildman–Crippen MR) is 65.1 cm³/mol. The van der Waals surface area contributed by atoms with E-state index < -0.39 is 36.2 Å². The highest BCUT2D eigenvalue weighted by molar-refractivity contribution is 5.56. The van der Waals surface area contributed by atoms with E-state index in [1.807, 2.05) is 0 Å². The summed E-state index contributed by atoms with van der Waals surface area (Å²) in [4.78, 5) is 6.99. The average Bonchev–Trinajstić information content (AvgIpc) is 2.45. The molecule has 10 heteroatoms. The van der Waals surface area contributed by atoms with E-state index in [0.717, 1.165) is 30.5 Å². The number of hydrogen-bond donors (Lipinski definition) is 1. The van der Waals surface area contributed by atoms with Gasteiger partial charge in [-0.2, -0.15) is 13.2 Å². The van der Waals surface area contributed by atoms with Gasteiger partial charge < -0.3 is 9.84 Å². The van der Waals surface area contributed by atoms with Crippen LogP contribution in [0.15, 0.2) is 30.5 Å². The fourth-order valence-electron chi connectivity index (χ4n) is 1.71. The second-order valence-corrected chi connectivity index (χ2v) is 4.30. The smallest absolute Gasteiger partial charge is 0.406 e. The monoisotopic (exact) mass is 338 g/mol. The maximum atomic E-state index is 12.8. The Balaban J connectivity index is 2.35. The first-order valence-corrected chi connectivity index (χ1v) is 6.00. The third-order valence-electron chi connectivity index (χ3n) is 2.65. The van der Waals surface area contributed by atoms with E-state index in [1.54, 1.807) is 0 Å². The van der Waals surface area contributed by atoms with Crippen molar-refractivity contribution >= 4 is 0 Å². The van der Waals surface area contributed by atoms with E-state index >= 15 is 0 Å². The van der Waals surface area contributed by atoms with E-state index in [2.05, 4.69) is 14.7 Å². The number of aromatic nitrogens is 2. The third kappa shape index (κ3) is 4.31. The summed E-state index contributed by atoms with van der Waals surface area (Å²) in [6.45, 7) is -0.895. The van der Waals surface area contributed by atoms with Gasteiger partial charge >= 0.3 is 12.5 Å². The van der Waals surface area contributed by atoms with Crippen LogP contribution in [0.1, 0.15) is 11.3 Å². The molecule has 23 heavy (non-hydrogen) atoms. The third-order valence-corrected chi connectivity index (χ3v) is 2.65. The van der Waals surface area contributed by atoms with Crippen molar-refractivity contribution in [3.8, 4) is 17.1 Å². The van der Waals surface area contributed by atoms with Crippen LogP contribution in [0.25, 0.3) is 11.4 Å². The number of ether oxygens (including phenoxy) is 1. The lowest BCUT2D eigenvalue weighted by atomic mass is 10.1. The van der Waals surface area contributed by atoms with Gasteiger partial charge in [-0.1, -0.05) is 0 Å². The zero-order valence-corrected chi connectivity index (χ0v) is 11.1. The largest absolute Gasteiger partial charge is 0.573 e. The Hall–Kier alpha value is -2.36. The highest BCUT2D eigenvalue weighted by Crippen LogP contribution is 2.32. The van der Waals surface area contributed by atoms with E-state index in [0.29, 0.717) is 0 Å². The Labute approximate surface area is 125 Å². The molecule has 0 aliphatic carbocycles. The number of aliphatic hydroxyl groups excluding tert-OH is 1. The molecule has 0 amide bonds. The zero-order chi connectivity index (χ0) is 17.3. The Kier molecular flexibility index (Phi) is 4.46. The zero-order valence-electron chi connectivity index (χ0n) is 11.1. The Morgan fingerprint density at radius 1 is 1.00 bits per heavy atom. The van der Waals surface area contributed by atoms with Gasteiger partial charge in [-0.25, -0.2) is 9.97 Å². The molecule has 0 fully saturated rings. The molecule has 0 saturated heterocycles. The lowest BCUT2D eigenvalue weighted by Crippen LogP contribution is -2.17. The van der Waals surface area contributed by atoms with Gasteiger partial charge in [0.1, 0.15) is 5.75 Å². The topological polar surface area (TPSA) is 55.2 Å². The molecule has 0 atom stereocenters. The van der Waals surface area contributed by atoms with Crippen molar-refractivity contribution in [2.75, 3.05) is 0 Å². The normalized spacial score (nSPS) is 12.3. The van der Waals surface area contributed by atoms with E-state index in [1.165, 1.54) is 0 Å². The highest BCUT2D eigenvalue weighted by Gasteiger charge is 2.36. The van der Waals surface area contributed by atoms with Gasteiger partial charge in [0, 0.05) is 17.3 Å². The fourth-order valence-corrected chi connectivity index (χ4v) is 1.71. The molecule has 2 aromatic rings. The predicted octanol–water partition coefficient (Wildman–Crippen LogP) is 3.55. The standard InChI is InChI=1S/C13H8F6N2O2/c14-12(15,16)10-8(6-22)5-20-11(21-10)7-1-3-9(4-2-7)23-13(17,18)19/h1-5,22H,6H2. The molecule has 0 aliphatic heterocycles. The molecule has 4 nitrogen and oxygen atoms in total. The van der Waals surface area contributed by atoms with Crippen LogP contribution in [0.2, 0.25) is 0 Å². The van der Waals surface area contributed by atoms with Crippen LogP contribution in [0.3, 0.4) is 0 Å². The molecule has 0 radical (unpaired) electrons. The van der Waals surface area contributed by atoms with Crippen molar-refractivity contribution in [2.45, 2.75) is 19.1 Å². The van der Waals surface area contributed by atoms with E-state index in [9.17, 15) is 26.3 Å². The molecule has 1 heterocycles. The molecule has 0 aliphatic rings. The number of nitrogens with zero attached hydrogens (tertiary/aromatic N) is 2. The summed E-state index contributed by atoms with van der Waals surface area (Å²) in [5.74, 6) is -0.864. The number of aliphatic hydroxyl groups is 1. The van der Waals surface area contributed by atoms with Crippen molar-refractivity contribution in [1.29, 1.82) is 0 Å². The summed E-state index contributed by atoms with van der Waals surface area (Å²) in [5, 5.41) is 8.88. The van der Waals surface area contributed by atoms with Crippen molar-refractivity contribution in [3.05, 3.63) is 41.7 Å². The summed E-state index contributed by atoms with van der Waals surface area (Å²) in [7, 11) is 0. The van der Waals surface area contributed by atoms with Gasteiger partial charge in [-0.3, -0.25) is 0 Å². The molecule has 0 spiro atoms. The molecule has 1 N–H and O–H groups in total. The molecule has 124 valence electrons. The number of hydrogen-bond acceptors (Lipinski definition) is 4. The van der Waals surface area contributed by atoms with Crippen LogP contribution in [-0.2, 0) is 12.8 Å². The average molecular weight is 338 g/mol. The van der Waals surface area contributed by atoms with Gasteiger partial charge in [-0.15, -0.1) is 13.2 Å². The minimum atomic E-state index is -4.87. The van der Waals surface area contributed by atoms with Crippen molar-refractivity contribution in [2.24, 2.45) is 0 Å². The number of benzene rings is 1. The van der Waals surface area contributed by atoms with Crippen molar-refractivity contribution < 1.29 is 36.2 Å². The summed E-state index contributed by atoms with van der Waals surface area (Å²) in [6.07, 6.45) is -8.86. The highest BCUT2D eigenvalue weighted by atomic mass is 19.4. The summed E-state index contributed by atoms with van der Waals surface area (Å²) >= 11 is 0. The Morgan fingerprint density at radius 2 is 1.61 bits per heavy atom. The first-order chi connectivity index (χ1) is 10.6. The minimum Gasteiger partial charge on any atom is -0.406 e. The minimum absolute atomic E-state index is 0.0644. The maximum absolute atomic E-state index is 12.8. The van der Waals surface area contributed by atoms with Gasteiger partial charge in [0.05, 0.1) is 6.61 Å². The lowest BCUT2D eigenvalue weighted by molar-refractivity contribution is -0.274. The molecular weight excluding hydrogens is 330 g/mol. The van der Waals surface area contributed by atoms with Crippen LogP contribution in [0.5, 0.6) is 5.75 Å². The van der Waals surface area contributed by atoms with Crippen LogP contribution in [0, 0.1) is 0 Å². The summed E-state index contributed by atoms with van der Waals surface area (Å²) < 4.78 is 78.3. The fraction of sp³-hybridized carbons (Fsp3) is 0.231. The number of rotatable bonds is 3. The first-order valence-electron chi connectivity index (χ1n) is 6.00. The van der Waals surface area contributed by atoms with Crippen LogP contribution >= 0.6 is 0 Å². The molecule has 1 aromatic carbocycles. The van der Waals surface area contributed by atoms with Crippen molar-refractivity contribution in [1.82, 2.24) is 9.97 Å². The van der Waals surface area contributed by atoms with Crippen LogP contribution in [-0.4, -0.2) is 21.4 Å². The number of alkyl halides is 6. The molecular formula is C13H8F6N2O2. The van der Waals surface area contributed by atoms with E-state index in [4.69, 9.17) is 5.11 Å². The molecule has 0 saturated carbocycles. The second-order valence-electron chi connectivity index (χ2n) is 4.30. The van der Waals surface area contributed by atoms with Crippen molar-refractivity contribution in [3.63, 3.8) is 0 Å². The molecule has 0 unspecified atom stereocenters. The van der Waals surface area contributed by atoms with Gasteiger partial charge in [0.25, 0.3) is 0 Å². The van der Waals surface area contributed by atoms with Gasteiger partial charge in [0.2, 0.25) is 0 Å². The molecule has 2 rings (SSSR count). The number of halogens is 6. The SMILES string of the molecule is OCc1cnc(-c2ccc(OC(F)(F)F)cc2)nc1C(F)(F)F. The Bertz CT molecular complexity index is 682. The summed E-state index contributed by atoms with van der Waals surface area (Å²) in [6, 6.07) is 4.04. The quantitative estimate of drug-likeness (QED) is 0.870. The van der Waals surface area contributed by atoms with E-state index in [-0.39, 0.29) is 11.4 Å². The maximum Gasteiger partial charge on any atom is 0.573 e. The van der Waals surface area contributed by atoms with Gasteiger partial charge in [0.15, 0.2) is 11.5 Å².